The van der Waals surface area contributed by atoms with Crippen LogP contribution in [0.2, 0.25) is 0 Å². The van der Waals surface area contributed by atoms with Gasteiger partial charge in [-0.3, -0.25) is 4.79 Å². The van der Waals surface area contributed by atoms with Crippen molar-refractivity contribution in [1.29, 1.82) is 0 Å². The first-order valence-corrected chi connectivity index (χ1v) is 7.66. The van der Waals surface area contributed by atoms with Crippen LogP contribution in [0.4, 0.5) is 0 Å². The lowest BCUT2D eigenvalue weighted by Crippen LogP contribution is -2.24. The number of nitrogens with zero attached hydrogens (tertiary/aromatic N) is 2. The molecule has 1 aromatic carbocycles. The van der Waals surface area contributed by atoms with Crippen LogP contribution in [-0.4, -0.2) is 29.1 Å². The van der Waals surface area contributed by atoms with Crippen LogP contribution in [0.3, 0.4) is 0 Å². The van der Waals surface area contributed by atoms with Crippen molar-refractivity contribution < 1.29 is 13.9 Å². The van der Waals surface area contributed by atoms with Crippen molar-refractivity contribution in [3.63, 3.8) is 0 Å². The average molecular weight is 325 g/mol. The first-order valence-electron chi connectivity index (χ1n) is 7.66. The lowest BCUT2D eigenvalue weighted by molar-refractivity contribution is -0.116. The van der Waals surface area contributed by atoms with Crippen molar-refractivity contribution >= 4 is 23.0 Å². The van der Waals surface area contributed by atoms with Crippen LogP contribution in [0.1, 0.15) is 11.6 Å². The van der Waals surface area contributed by atoms with Gasteiger partial charge >= 0.3 is 0 Å². The zero-order chi connectivity index (χ0) is 16.9. The summed E-state index contributed by atoms with van der Waals surface area (Å²) in [5.74, 6) is 2.18. The fraction of sp³-hybridized carbons (Fsp3) is 0.222. The van der Waals surface area contributed by atoms with Crippen molar-refractivity contribution in [1.82, 2.24) is 14.9 Å². The summed E-state index contributed by atoms with van der Waals surface area (Å²) in [6.07, 6.45) is 5.31. The number of fused-ring (bicyclic) bond motifs is 1. The van der Waals surface area contributed by atoms with E-state index in [0.29, 0.717) is 18.7 Å². The minimum atomic E-state index is -0.160. The second-order valence-corrected chi connectivity index (χ2v) is 5.33. The van der Waals surface area contributed by atoms with Crippen molar-refractivity contribution in [2.45, 2.75) is 6.42 Å². The van der Waals surface area contributed by atoms with E-state index in [1.807, 2.05) is 29.8 Å². The summed E-state index contributed by atoms with van der Waals surface area (Å²) in [6.45, 7) is 0.510. The molecule has 3 aromatic rings. The largest absolute Gasteiger partial charge is 0.497 e. The van der Waals surface area contributed by atoms with Gasteiger partial charge in [0.1, 0.15) is 17.3 Å². The maximum atomic E-state index is 11.8. The molecule has 0 unspecified atom stereocenters. The van der Waals surface area contributed by atoms with Gasteiger partial charge < -0.3 is 19.0 Å². The van der Waals surface area contributed by atoms with E-state index in [0.717, 1.165) is 22.6 Å². The number of furan rings is 1. The molecule has 0 fully saturated rings. The van der Waals surface area contributed by atoms with Crippen LogP contribution < -0.4 is 10.1 Å². The average Bonchev–Trinajstić information content (AvgIpc) is 3.21. The van der Waals surface area contributed by atoms with Gasteiger partial charge in [0.2, 0.25) is 5.91 Å². The Hall–Kier alpha value is -3.02. The van der Waals surface area contributed by atoms with E-state index in [-0.39, 0.29) is 5.91 Å². The highest BCUT2D eigenvalue weighted by Crippen LogP contribution is 2.20. The Bertz CT molecular complexity index is 863. The van der Waals surface area contributed by atoms with E-state index < -0.39 is 0 Å². The predicted octanol–water partition coefficient (Wildman–Crippen LogP) is 2.55. The van der Waals surface area contributed by atoms with Crippen LogP contribution in [-0.2, 0) is 18.3 Å². The summed E-state index contributed by atoms with van der Waals surface area (Å²) in [4.78, 5) is 16.4. The smallest absolute Gasteiger partial charge is 0.244 e. The van der Waals surface area contributed by atoms with Crippen LogP contribution in [0.15, 0.2) is 47.1 Å². The van der Waals surface area contributed by atoms with Crippen molar-refractivity contribution in [2.75, 3.05) is 13.7 Å². The van der Waals surface area contributed by atoms with Gasteiger partial charge in [0.25, 0.3) is 0 Å². The molecule has 3 rings (SSSR count). The molecule has 0 aliphatic rings. The van der Waals surface area contributed by atoms with E-state index in [2.05, 4.69) is 10.3 Å². The third-order valence-electron chi connectivity index (χ3n) is 3.77. The quantitative estimate of drug-likeness (QED) is 0.707. The van der Waals surface area contributed by atoms with Gasteiger partial charge in [0, 0.05) is 32.2 Å². The number of aromatic nitrogens is 2. The minimum absolute atomic E-state index is 0.160. The molecule has 0 bridgehead atoms. The number of rotatable bonds is 6. The van der Waals surface area contributed by atoms with Gasteiger partial charge in [0.15, 0.2) is 0 Å². The standard InChI is InChI=1S/C18H19N3O3/c1-21-16-7-5-14(23-2)12-15(16)20-17(21)9-10-19-18(22)8-6-13-4-3-11-24-13/h3-8,11-12H,9-10H2,1-2H3,(H,19,22)/b8-6+. The number of amides is 1. The summed E-state index contributed by atoms with van der Waals surface area (Å²) < 4.78 is 12.4. The second-order valence-electron chi connectivity index (χ2n) is 5.33. The predicted molar refractivity (Wildman–Crippen MR) is 91.7 cm³/mol. The number of hydrogen-bond acceptors (Lipinski definition) is 4. The highest BCUT2D eigenvalue weighted by atomic mass is 16.5. The molecule has 2 aromatic heterocycles. The number of ether oxygens (including phenoxy) is 1. The number of benzene rings is 1. The van der Waals surface area contributed by atoms with Crippen LogP contribution in [0, 0.1) is 0 Å². The van der Waals surface area contributed by atoms with Crippen LogP contribution >= 0.6 is 0 Å². The SMILES string of the molecule is COc1ccc2c(c1)nc(CCNC(=O)/C=C/c1ccco1)n2C. The number of hydrogen-bond donors (Lipinski definition) is 1. The zero-order valence-electron chi connectivity index (χ0n) is 13.7. The Morgan fingerprint density at radius 2 is 2.29 bits per heavy atom. The number of carbonyl (C=O) groups excluding carboxylic acids is 1. The van der Waals surface area contributed by atoms with Gasteiger partial charge in [-0.1, -0.05) is 0 Å². The van der Waals surface area contributed by atoms with Gasteiger partial charge in [-0.05, 0) is 30.3 Å². The van der Waals surface area contributed by atoms with Crippen molar-refractivity contribution in [3.05, 3.63) is 54.3 Å². The molecule has 124 valence electrons. The Labute approximate surface area is 139 Å². The molecule has 0 aliphatic carbocycles. The van der Waals surface area contributed by atoms with E-state index >= 15 is 0 Å². The summed E-state index contributed by atoms with van der Waals surface area (Å²) in [6, 6.07) is 9.36. The normalized spacial score (nSPS) is 11.2. The monoisotopic (exact) mass is 325 g/mol. The summed E-state index contributed by atoms with van der Waals surface area (Å²) in [7, 11) is 3.60. The van der Waals surface area contributed by atoms with E-state index in [4.69, 9.17) is 9.15 Å². The Balaban J connectivity index is 1.59. The molecule has 0 aliphatic heterocycles. The molecule has 24 heavy (non-hydrogen) atoms. The third-order valence-corrected chi connectivity index (χ3v) is 3.77. The second kappa shape index (κ2) is 7.04. The highest BCUT2D eigenvalue weighted by Gasteiger charge is 2.08. The van der Waals surface area contributed by atoms with Gasteiger partial charge in [-0.15, -0.1) is 0 Å². The fourth-order valence-corrected chi connectivity index (χ4v) is 2.48. The maximum Gasteiger partial charge on any atom is 0.244 e. The molecular weight excluding hydrogens is 306 g/mol. The Kier molecular flexibility index (Phi) is 4.65. The molecule has 0 atom stereocenters. The topological polar surface area (TPSA) is 69.3 Å². The Morgan fingerprint density at radius 1 is 1.42 bits per heavy atom. The lowest BCUT2D eigenvalue weighted by atomic mass is 10.3. The number of nitrogens with one attached hydrogen (secondary N) is 1. The van der Waals surface area contributed by atoms with Gasteiger partial charge in [0.05, 0.1) is 24.4 Å². The van der Waals surface area contributed by atoms with Crippen molar-refractivity contribution in [3.8, 4) is 5.75 Å². The molecular formula is C18H19N3O3. The van der Waals surface area contributed by atoms with Crippen molar-refractivity contribution in [2.24, 2.45) is 7.05 Å². The molecule has 2 heterocycles. The number of imidazole rings is 1. The molecule has 0 radical (unpaired) electrons. The molecule has 0 saturated carbocycles. The molecule has 0 saturated heterocycles. The first kappa shape index (κ1) is 15.9. The summed E-state index contributed by atoms with van der Waals surface area (Å²) >= 11 is 0. The van der Waals surface area contributed by atoms with E-state index in [1.165, 1.54) is 6.08 Å². The highest BCUT2D eigenvalue weighted by molar-refractivity contribution is 5.91. The van der Waals surface area contributed by atoms with E-state index in [9.17, 15) is 4.79 Å². The minimum Gasteiger partial charge on any atom is -0.497 e. The molecule has 0 spiro atoms. The summed E-state index contributed by atoms with van der Waals surface area (Å²) in [5, 5.41) is 2.84. The summed E-state index contributed by atoms with van der Waals surface area (Å²) in [5.41, 5.74) is 1.92. The zero-order valence-corrected chi connectivity index (χ0v) is 13.7. The van der Waals surface area contributed by atoms with Crippen LogP contribution in [0.5, 0.6) is 5.75 Å². The van der Waals surface area contributed by atoms with Gasteiger partial charge in [-0.2, -0.15) is 0 Å². The Morgan fingerprint density at radius 3 is 3.04 bits per heavy atom. The van der Waals surface area contributed by atoms with E-state index in [1.54, 1.807) is 31.6 Å². The first-order chi connectivity index (χ1) is 11.7. The molecule has 1 amide bonds. The lowest BCUT2D eigenvalue weighted by Gasteiger charge is -2.03. The molecule has 1 N–H and O–H groups in total. The molecule has 6 heteroatoms. The van der Waals surface area contributed by atoms with Gasteiger partial charge in [-0.25, -0.2) is 4.98 Å². The number of aryl methyl sites for hydroxylation is 1. The number of methoxy groups -OCH3 is 1. The molecule has 6 nitrogen and oxygen atoms in total. The third kappa shape index (κ3) is 3.48. The maximum absolute atomic E-state index is 11.8. The number of carbonyl (C=O) groups is 1. The fourth-order valence-electron chi connectivity index (χ4n) is 2.48. The van der Waals surface area contributed by atoms with Crippen LogP contribution in [0.25, 0.3) is 17.1 Å².